The average Bonchev–Trinajstić information content (AvgIpc) is 3.23. The number of carbonyl (C=O) groups excluding carboxylic acids is 2. The van der Waals surface area contributed by atoms with Crippen molar-refractivity contribution in [2.75, 3.05) is 13.2 Å². The number of Topliss-reactive ketones (excluding diaryl/α,β-unsaturated/α-hetero) is 1. The van der Waals surface area contributed by atoms with E-state index >= 15 is 0 Å². The maximum atomic E-state index is 12.6. The summed E-state index contributed by atoms with van der Waals surface area (Å²) in [6.07, 6.45) is 2.27. The highest BCUT2D eigenvalue weighted by Gasteiger charge is 2.22. The van der Waals surface area contributed by atoms with Gasteiger partial charge < -0.3 is 19.1 Å². The minimum atomic E-state index is -0.714. The van der Waals surface area contributed by atoms with Gasteiger partial charge in [-0.3, -0.25) is 4.79 Å². The lowest BCUT2D eigenvalue weighted by atomic mass is 10.1. The topological polar surface area (TPSA) is 77.8 Å². The predicted molar refractivity (Wildman–Crippen MR) is 100 cm³/mol. The van der Waals surface area contributed by atoms with Crippen LogP contribution in [0.15, 0.2) is 24.3 Å². The first-order valence-electron chi connectivity index (χ1n) is 9.15. The summed E-state index contributed by atoms with van der Waals surface area (Å²) in [6, 6.07) is 6.50. The number of ketones is 1. The zero-order valence-corrected chi connectivity index (χ0v) is 15.9. The lowest BCUT2D eigenvalue weighted by Gasteiger charge is -2.14. The predicted octanol–water partition coefficient (Wildman–Crippen LogP) is 3.34. The smallest absolute Gasteiger partial charge is 0.342 e. The highest BCUT2D eigenvalue weighted by molar-refractivity contribution is 6.01. The lowest BCUT2D eigenvalue weighted by Crippen LogP contribution is -2.18. The number of benzene rings is 1. The molecule has 1 atom stereocenters. The van der Waals surface area contributed by atoms with Crippen molar-refractivity contribution < 1.29 is 24.2 Å². The fraction of sp³-hybridized carbons (Fsp3) is 0.429. The van der Waals surface area contributed by atoms with Crippen LogP contribution in [-0.2, 0) is 16.0 Å². The molecule has 2 aromatic rings. The standard InChI is InChI=1S/C21H25NO5/c1-13-6-7-17(19(23)9-13)21(25)27-12-20(24)18-10-14(2)22(15(18)3)11-16-5-4-8-26-16/h6-7,9-10,16,23H,4-5,8,11-12H2,1-3H3. The van der Waals surface area contributed by atoms with Crippen LogP contribution in [0.25, 0.3) is 0 Å². The molecule has 1 aromatic carbocycles. The molecule has 0 radical (unpaired) electrons. The SMILES string of the molecule is Cc1ccc(C(=O)OCC(=O)c2cc(C)n(CC3CCCO3)c2C)c(O)c1. The molecule has 0 spiro atoms. The van der Waals surface area contributed by atoms with Crippen molar-refractivity contribution in [3.8, 4) is 5.75 Å². The number of rotatable bonds is 6. The molecule has 144 valence electrons. The van der Waals surface area contributed by atoms with Crippen LogP contribution in [0.1, 0.15) is 50.5 Å². The van der Waals surface area contributed by atoms with Gasteiger partial charge in [0.1, 0.15) is 11.3 Å². The molecule has 1 aromatic heterocycles. The maximum Gasteiger partial charge on any atom is 0.342 e. The number of ether oxygens (including phenoxy) is 2. The quantitative estimate of drug-likeness (QED) is 0.622. The van der Waals surface area contributed by atoms with E-state index in [1.54, 1.807) is 6.07 Å². The highest BCUT2D eigenvalue weighted by atomic mass is 16.5. The number of phenols is 1. The van der Waals surface area contributed by atoms with Gasteiger partial charge in [-0.1, -0.05) is 6.07 Å². The number of aromatic nitrogens is 1. The summed E-state index contributed by atoms with van der Waals surface area (Å²) >= 11 is 0. The van der Waals surface area contributed by atoms with Gasteiger partial charge in [-0.2, -0.15) is 0 Å². The number of phenolic OH excluding ortho intramolecular Hbond substituents is 1. The molecule has 0 saturated carbocycles. The van der Waals surface area contributed by atoms with E-state index in [1.807, 2.05) is 26.8 Å². The van der Waals surface area contributed by atoms with E-state index in [4.69, 9.17) is 9.47 Å². The van der Waals surface area contributed by atoms with E-state index in [2.05, 4.69) is 4.57 Å². The first-order chi connectivity index (χ1) is 12.9. The van der Waals surface area contributed by atoms with E-state index in [1.165, 1.54) is 12.1 Å². The molecule has 1 aliphatic rings. The summed E-state index contributed by atoms with van der Waals surface area (Å²) in [5.41, 5.74) is 3.26. The minimum absolute atomic E-state index is 0.0530. The van der Waals surface area contributed by atoms with Crippen molar-refractivity contribution >= 4 is 11.8 Å². The second-order valence-corrected chi connectivity index (χ2v) is 7.05. The van der Waals surface area contributed by atoms with Gasteiger partial charge in [-0.25, -0.2) is 4.79 Å². The Balaban J connectivity index is 1.66. The molecule has 3 rings (SSSR count). The highest BCUT2D eigenvalue weighted by Crippen LogP contribution is 2.22. The Morgan fingerprint density at radius 2 is 2.00 bits per heavy atom. The van der Waals surface area contributed by atoms with Crippen molar-refractivity contribution in [1.82, 2.24) is 4.57 Å². The molecule has 27 heavy (non-hydrogen) atoms. The Morgan fingerprint density at radius 3 is 2.67 bits per heavy atom. The largest absolute Gasteiger partial charge is 0.507 e. The van der Waals surface area contributed by atoms with Gasteiger partial charge >= 0.3 is 5.97 Å². The number of hydrogen-bond donors (Lipinski definition) is 1. The summed E-state index contributed by atoms with van der Waals surface area (Å²) in [6.45, 7) is 6.80. The Labute approximate surface area is 158 Å². The van der Waals surface area contributed by atoms with Crippen molar-refractivity contribution in [2.45, 2.75) is 46.3 Å². The summed E-state index contributed by atoms with van der Waals surface area (Å²) < 4.78 is 12.9. The number of esters is 1. The van der Waals surface area contributed by atoms with Crippen LogP contribution in [-0.4, -0.2) is 40.7 Å². The lowest BCUT2D eigenvalue weighted by molar-refractivity contribution is 0.0471. The molecular formula is C21H25NO5. The van der Waals surface area contributed by atoms with Crippen molar-refractivity contribution in [3.63, 3.8) is 0 Å². The summed E-state index contributed by atoms with van der Waals surface area (Å²) in [7, 11) is 0. The summed E-state index contributed by atoms with van der Waals surface area (Å²) in [5, 5.41) is 9.86. The molecule has 1 saturated heterocycles. The van der Waals surface area contributed by atoms with Crippen molar-refractivity contribution in [1.29, 1.82) is 0 Å². The van der Waals surface area contributed by atoms with Crippen LogP contribution in [0.4, 0.5) is 0 Å². The normalized spacial score (nSPS) is 16.5. The fourth-order valence-corrected chi connectivity index (χ4v) is 3.46. The van der Waals surface area contributed by atoms with Gasteiger partial charge in [0.05, 0.1) is 6.10 Å². The Morgan fingerprint density at radius 1 is 1.22 bits per heavy atom. The molecule has 1 N–H and O–H groups in total. The molecule has 6 nitrogen and oxygen atoms in total. The molecule has 0 bridgehead atoms. The summed E-state index contributed by atoms with van der Waals surface area (Å²) in [5.74, 6) is -1.13. The number of hydrogen-bond acceptors (Lipinski definition) is 5. The van der Waals surface area contributed by atoms with Crippen LogP contribution in [0.3, 0.4) is 0 Å². The first kappa shape index (κ1) is 19.2. The molecule has 1 aliphatic heterocycles. The maximum absolute atomic E-state index is 12.6. The zero-order chi connectivity index (χ0) is 19.6. The molecule has 6 heteroatoms. The number of carbonyl (C=O) groups is 2. The van der Waals surface area contributed by atoms with E-state index in [9.17, 15) is 14.7 Å². The monoisotopic (exact) mass is 371 g/mol. The molecule has 2 heterocycles. The average molecular weight is 371 g/mol. The second kappa shape index (κ2) is 7.96. The Kier molecular flexibility index (Phi) is 5.65. The zero-order valence-electron chi connectivity index (χ0n) is 15.9. The van der Waals surface area contributed by atoms with Crippen molar-refractivity contribution in [2.24, 2.45) is 0 Å². The van der Waals surface area contributed by atoms with Gasteiger partial charge in [-0.05, 0) is 57.4 Å². The fourth-order valence-electron chi connectivity index (χ4n) is 3.46. The van der Waals surface area contributed by atoms with E-state index in [-0.39, 0.29) is 29.8 Å². The number of nitrogens with zero attached hydrogens (tertiary/aromatic N) is 1. The van der Waals surface area contributed by atoms with Crippen LogP contribution in [0.5, 0.6) is 5.75 Å². The Hall–Kier alpha value is -2.60. The molecule has 1 unspecified atom stereocenters. The van der Waals surface area contributed by atoms with Gasteiger partial charge in [0, 0.05) is 30.1 Å². The van der Waals surface area contributed by atoms with Crippen LogP contribution in [0.2, 0.25) is 0 Å². The van der Waals surface area contributed by atoms with E-state index in [0.717, 1.165) is 42.9 Å². The van der Waals surface area contributed by atoms with Crippen LogP contribution >= 0.6 is 0 Å². The Bertz CT molecular complexity index is 862. The first-order valence-corrected chi connectivity index (χ1v) is 9.15. The third-order valence-corrected chi connectivity index (χ3v) is 4.99. The van der Waals surface area contributed by atoms with Gasteiger partial charge in [0.15, 0.2) is 6.61 Å². The molecule has 0 amide bonds. The van der Waals surface area contributed by atoms with Crippen molar-refractivity contribution in [3.05, 3.63) is 52.3 Å². The molecular weight excluding hydrogens is 346 g/mol. The van der Waals surface area contributed by atoms with E-state index in [0.29, 0.717) is 5.56 Å². The van der Waals surface area contributed by atoms with Gasteiger partial charge in [0.2, 0.25) is 5.78 Å². The third-order valence-electron chi connectivity index (χ3n) is 4.99. The van der Waals surface area contributed by atoms with Gasteiger partial charge in [0.25, 0.3) is 0 Å². The molecule has 1 fully saturated rings. The minimum Gasteiger partial charge on any atom is -0.507 e. The third kappa shape index (κ3) is 4.22. The second-order valence-electron chi connectivity index (χ2n) is 7.05. The van der Waals surface area contributed by atoms with Crippen LogP contribution < -0.4 is 0 Å². The molecule has 0 aliphatic carbocycles. The number of aromatic hydroxyl groups is 1. The summed E-state index contributed by atoms with van der Waals surface area (Å²) in [4.78, 5) is 24.7. The van der Waals surface area contributed by atoms with Crippen LogP contribution in [0, 0.1) is 20.8 Å². The number of aryl methyl sites for hydroxylation is 2. The van der Waals surface area contributed by atoms with E-state index < -0.39 is 5.97 Å². The van der Waals surface area contributed by atoms with Gasteiger partial charge in [-0.15, -0.1) is 0 Å².